The molecule has 1 amide bonds. The van der Waals surface area contributed by atoms with E-state index < -0.39 is 11.6 Å². The minimum absolute atomic E-state index is 0.0351. The van der Waals surface area contributed by atoms with Crippen LogP contribution in [0.5, 0.6) is 5.75 Å². The average molecular weight is 481 g/mol. The number of hydrogen-bond donors (Lipinski definition) is 1. The number of fused-ring (bicyclic) bond motifs is 4. The Hall–Kier alpha value is -1.83. The van der Waals surface area contributed by atoms with Crippen LogP contribution in [0.15, 0.2) is 46.9 Å². The third-order valence-electron chi connectivity index (χ3n) is 5.25. The molecular formula is C20H19BrClN3O2S. The molecule has 3 atom stereocenters. The number of nitrogens with zero attached hydrogens (tertiary/aromatic N) is 2. The van der Waals surface area contributed by atoms with E-state index in [0.717, 1.165) is 21.5 Å². The van der Waals surface area contributed by atoms with Gasteiger partial charge in [-0.25, -0.2) is 0 Å². The number of anilines is 1. The van der Waals surface area contributed by atoms with Crippen LogP contribution in [0.1, 0.15) is 18.5 Å². The maximum Gasteiger partial charge on any atom is 0.233 e. The van der Waals surface area contributed by atoms with Crippen LogP contribution in [-0.4, -0.2) is 35.7 Å². The molecule has 28 heavy (non-hydrogen) atoms. The Kier molecular flexibility index (Phi) is 4.80. The van der Waals surface area contributed by atoms with Gasteiger partial charge < -0.3 is 15.0 Å². The maximum absolute atomic E-state index is 13.3. The lowest BCUT2D eigenvalue weighted by atomic mass is 9.78. The topological polar surface area (TPSA) is 44.8 Å². The standard InChI is InChI=1S/C20H19BrClN3O2S/c1-20-16(18(26)24(2)3)17(14-10-11(21)4-9-15(14)27-20)23-19(28)25(20)13-7-5-12(22)6-8-13/h4-10,16-17H,1-3H3,(H,23,28)/t16-,17+,20+/m1/s1. The predicted molar refractivity (Wildman–Crippen MR) is 118 cm³/mol. The Balaban J connectivity index is 1.91. The molecule has 2 bridgehead atoms. The van der Waals surface area contributed by atoms with E-state index in [1.165, 1.54) is 0 Å². The smallest absolute Gasteiger partial charge is 0.233 e. The van der Waals surface area contributed by atoms with Crippen molar-refractivity contribution >= 4 is 56.5 Å². The molecule has 146 valence electrons. The van der Waals surface area contributed by atoms with Gasteiger partial charge in [-0.15, -0.1) is 0 Å². The molecule has 0 aromatic heterocycles. The zero-order valence-corrected chi connectivity index (χ0v) is 18.7. The summed E-state index contributed by atoms with van der Waals surface area (Å²) in [6.45, 7) is 1.92. The summed E-state index contributed by atoms with van der Waals surface area (Å²) in [7, 11) is 3.51. The molecule has 2 aliphatic rings. The van der Waals surface area contributed by atoms with Crippen LogP contribution in [0.4, 0.5) is 5.69 Å². The molecule has 0 spiro atoms. The largest absolute Gasteiger partial charge is 0.467 e. The van der Waals surface area contributed by atoms with E-state index in [4.69, 9.17) is 28.6 Å². The van der Waals surface area contributed by atoms with Crippen LogP contribution in [0.3, 0.4) is 0 Å². The zero-order valence-electron chi connectivity index (χ0n) is 15.6. The summed E-state index contributed by atoms with van der Waals surface area (Å²) < 4.78 is 7.41. The summed E-state index contributed by atoms with van der Waals surface area (Å²) in [6, 6.07) is 12.9. The second-order valence-corrected chi connectivity index (χ2v) is 9.03. The molecule has 2 aliphatic heterocycles. The highest BCUT2D eigenvalue weighted by atomic mass is 79.9. The minimum atomic E-state index is -0.997. The number of benzene rings is 2. The van der Waals surface area contributed by atoms with E-state index in [1.807, 2.05) is 42.2 Å². The molecule has 0 saturated carbocycles. The highest BCUT2D eigenvalue weighted by Crippen LogP contribution is 2.50. The van der Waals surface area contributed by atoms with E-state index in [2.05, 4.69) is 21.2 Å². The number of carbonyl (C=O) groups excluding carboxylic acids is 1. The first kappa shape index (κ1) is 19.5. The van der Waals surface area contributed by atoms with E-state index in [-0.39, 0.29) is 11.9 Å². The fourth-order valence-electron chi connectivity index (χ4n) is 3.99. The van der Waals surface area contributed by atoms with Crippen LogP contribution in [0.25, 0.3) is 0 Å². The van der Waals surface area contributed by atoms with E-state index in [0.29, 0.717) is 10.1 Å². The summed E-state index contributed by atoms with van der Waals surface area (Å²) in [4.78, 5) is 16.7. The third-order valence-corrected chi connectivity index (χ3v) is 6.30. The third kappa shape index (κ3) is 2.96. The number of halogens is 2. The van der Waals surface area contributed by atoms with Gasteiger partial charge in [-0.05, 0) is 61.6 Å². The van der Waals surface area contributed by atoms with Gasteiger partial charge in [0.05, 0.1) is 6.04 Å². The molecule has 8 heteroatoms. The van der Waals surface area contributed by atoms with Crippen molar-refractivity contribution in [1.82, 2.24) is 10.2 Å². The number of ether oxygens (including phenoxy) is 1. The fraction of sp³-hybridized carbons (Fsp3) is 0.300. The van der Waals surface area contributed by atoms with Crippen molar-refractivity contribution in [2.75, 3.05) is 19.0 Å². The second-order valence-electron chi connectivity index (χ2n) is 7.29. The first-order valence-corrected chi connectivity index (χ1v) is 10.4. The van der Waals surface area contributed by atoms with E-state index in [9.17, 15) is 4.79 Å². The van der Waals surface area contributed by atoms with Gasteiger partial charge in [-0.3, -0.25) is 9.69 Å². The lowest BCUT2D eigenvalue weighted by Gasteiger charge is -2.56. The fourth-order valence-corrected chi connectivity index (χ4v) is 4.91. The van der Waals surface area contributed by atoms with Crippen molar-refractivity contribution in [2.45, 2.75) is 18.7 Å². The molecule has 0 radical (unpaired) electrons. The van der Waals surface area contributed by atoms with Crippen LogP contribution < -0.4 is 15.0 Å². The molecule has 1 N–H and O–H groups in total. The average Bonchev–Trinajstić information content (AvgIpc) is 2.63. The number of carbonyl (C=O) groups is 1. The SMILES string of the molecule is CN(C)C(=O)[C@H]1[C@H]2NC(=S)N(c3ccc(Cl)cc3)[C@@]1(C)Oc1ccc(Br)cc12. The Morgan fingerprint density at radius 1 is 1.29 bits per heavy atom. The Bertz CT molecular complexity index is 968. The minimum Gasteiger partial charge on any atom is -0.467 e. The van der Waals surface area contributed by atoms with Crippen molar-refractivity contribution in [2.24, 2.45) is 5.92 Å². The van der Waals surface area contributed by atoms with Crippen LogP contribution in [-0.2, 0) is 4.79 Å². The summed E-state index contributed by atoms with van der Waals surface area (Å²) >= 11 is 15.3. The summed E-state index contributed by atoms with van der Waals surface area (Å²) in [6.07, 6.45) is 0. The van der Waals surface area contributed by atoms with Crippen LogP contribution in [0, 0.1) is 5.92 Å². The van der Waals surface area contributed by atoms with Gasteiger partial charge in [-0.2, -0.15) is 0 Å². The van der Waals surface area contributed by atoms with Gasteiger partial charge in [-0.1, -0.05) is 27.5 Å². The predicted octanol–water partition coefficient (Wildman–Crippen LogP) is 4.35. The molecule has 2 aromatic rings. The monoisotopic (exact) mass is 479 g/mol. The first-order valence-electron chi connectivity index (χ1n) is 8.78. The Morgan fingerprint density at radius 2 is 1.96 bits per heavy atom. The molecule has 2 heterocycles. The van der Waals surface area contributed by atoms with Crippen molar-refractivity contribution in [3.05, 3.63) is 57.5 Å². The van der Waals surface area contributed by atoms with Crippen molar-refractivity contribution in [1.29, 1.82) is 0 Å². The highest BCUT2D eigenvalue weighted by Gasteiger charge is 2.59. The van der Waals surface area contributed by atoms with Gasteiger partial charge in [0, 0.05) is 34.8 Å². The summed E-state index contributed by atoms with van der Waals surface area (Å²) in [5, 5.41) is 4.51. The molecule has 2 aromatic carbocycles. The second kappa shape index (κ2) is 6.90. The number of hydrogen-bond acceptors (Lipinski definition) is 3. The normalized spacial score (nSPS) is 25.5. The first-order chi connectivity index (χ1) is 13.2. The molecular weight excluding hydrogens is 462 g/mol. The molecule has 4 rings (SSSR count). The van der Waals surface area contributed by atoms with E-state index in [1.54, 1.807) is 31.1 Å². The highest BCUT2D eigenvalue weighted by molar-refractivity contribution is 9.10. The Morgan fingerprint density at radius 3 is 2.61 bits per heavy atom. The zero-order chi connectivity index (χ0) is 20.2. The van der Waals surface area contributed by atoms with Crippen molar-refractivity contribution < 1.29 is 9.53 Å². The maximum atomic E-state index is 13.3. The van der Waals surface area contributed by atoms with Crippen molar-refractivity contribution in [3.63, 3.8) is 0 Å². The molecule has 5 nitrogen and oxygen atoms in total. The van der Waals surface area contributed by atoms with Crippen molar-refractivity contribution in [3.8, 4) is 5.75 Å². The summed E-state index contributed by atoms with van der Waals surface area (Å²) in [5.74, 6) is 0.186. The number of amides is 1. The number of nitrogens with one attached hydrogen (secondary N) is 1. The van der Waals surface area contributed by atoms with Gasteiger partial charge >= 0.3 is 0 Å². The number of rotatable bonds is 2. The van der Waals surface area contributed by atoms with Crippen LogP contribution in [0.2, 0.25) is 5.02 Å². The van der Waals surface area contributed by atoms with Gasteiger partial charge in [0.1, 0.15) is 11.7 Å². The molecule has 0 unspecified atom stereocenters. The van der Waals surface area contributed by atoms with Gasteiger partial charge in [0.2, 0.25) is 5.91 Å². The van der Waals surface area contributed by atoms with Gasteiger partial charge in [0.25, 0.3) is 0 Å². The Labute approximate surface area is 182 Å². The van der Waals surface area contributed by atoms with E-state index >= 15 is 0 Å². The molecule has 1 saturated heterocycles. The van der Waals surface area contributed by atoms with Crippen LogP contribution >= 0.6 is 39.7 Å². The summed E-state index contributed by atoms with van der Waals surface area (Å²) in [5.41, 5.74) is 0.716. The molecule has 0 aliphatic carbocycles. The number of thiocarbonyl (C=S) groups is 1. The lowest BCUT2D eigenvalue weighted by Crippen LogP contribution is -2.72. The molecule has 1 fully saturated rings. The van der Waals surface area contributed by atoms with Gasteiger partial charge in [0.15, 0.2) is 10.8 Å². The lowest BCUT2D eigenvalue weighted by molar-refractivity contribution is -0.144. The quantitative estimate of drug-likeness (QED) is 0.648.